The maximum atomic E-state index is 11.1. The van der Waals surface area contributed by atoms with E-state index in [2.05, 4.69) is 23.8 Å². The minimum Gasteiger partial charge on any atom is -0.500 e. The zero-order valence-corrected chi connectivity index (χ0v) is 9.03. The van der Waals surface area contributed by atoms with Crippen LogP contribution in [0.15, 0.2) is 25.7 Å². The molecular weight excluding hydrogens is 212 g/mol. The molecule has 0 spiro atoms. The van der Waals surface area contributed by atoms with E-state index in [4.69, 9.17) is 9.47 Å². The number of amides is 2. The predicted octanol–water partition coefficient (Wildman–Crippen LogP) is -0.461. The molecule has 6 nitrogen and oxygen atoms in total. The zero-order chi connectivity index (χ0) is 12.2. The van der Waals surface area contributed by atoms with Crippen molar-refractivity contribution in [2.45, 2.75) is 0 Å². The topological polar surface area (TPSA) is 76.7 Å². The lowest BCUT2D eigenvalue weighted by Crippen LogP contribution is -2.42. The van der Waals surface area contributed by atoms with Gasteiger partial charge in [0, 0.05) is 0 Å². The summed E-state index contributed by atoms with van der Waals surface area (Å²) in [6.07, 6.45) is 2.53. The van der Waals surface area contributed by atoms with Crippen molar-refractivity contribution in [3.63, 3.8) is 0 Å². The lowest BCUT2D eigenvalue weighted by molar-refractivity contribution is -0.139. The molecule has 0 unspecified atom stereocenters. The molecule has 0 aromatic carbocycles. The molecule has 0 aliphatic rings. The molecule has 6 heteroatoms. The Hall–Kier alpha value is -1.98. The molecule has 90 valence electrons. The van der Waals surface area contributed by atoms with E-state index >= 15 is 0 Å². The van der Waals surface area contributed by atoms with Gasteiger partial charge in [-0.3, -0.25) is 9.59 Å². The Kier molecular flexibility index (Phi) is 8.39. The van der Waals surface area contributed by atoms with E-state index < -0.39 is 11.8 Å². The highest BCUT2D eigenvalue weighted by Gasteiger charge is 2.11. The zero-order valence-electron chi connectivity index (χ0n) is 9.03. The quantitative estimate of drug-likeness (QED) is 0.335. The van der Waals surface area contributed by atoms with Crippen LogP contribution in [0.1, 0.15) is 0 Å². The average molecular weight is 228 g/mol. The summed E-state index contributed by atoms with van der Waals surface area (Å²) in [6, 6.07) is 0. The predicted molar refractivity (Wildman–Crippen MR) is 58.3 cm³/mol. The number of ether oxygens (including phenoxy) is 2. The van der Waals surface area contributed by atoms with Crippen LogP contribution >= 0.6 is 0 Å². The van der Waals surface area contributed by atoms with Crippen molar-refractivity contribution in [3.05, 3.63) is 25.7 Å². The van der Waals surface area contributed by atoms with Gasteiger partial charge in [-0.15, -0.1) is 0 Å². The molecule has 2 amide bonds. The van der Waals surface area contributed by atoms with Crippen molar-refractivity contribution in [2.75, 3.05) is 26.3 Å². The minimum absolute atomic E-state index is 0.251. The summed E-state index contributed by atoms with van der Waals surface area (Å²) in [5.41, 5.74) is 0. The summed E-state index contributed by atoms with van der Waals surface area (Å²) in [5.74, 6) is -1.41. The van der Waals surface area contributed by atoms with Crippen LogP contribution < -0.4 is 10.6 Å². The summed E-state index contributed by atoms with van der Waals surface area (Å²) >= 11 is 0. The first kappa shape index (κ1) is 14.0. The molecular formula is C10H16N2O4. The van der Waals surface area contributed by atoms with Crippen LogP contribution in [0.25, 0.3) is 0 Å². The Morgan fingerprint density at radius 1 is 0.938 bits per heavy atom. The fraction of sp³-hybridized carbons (Fsp3) is 0.400. The summed E-state index contributed by atoms with van der Waals surface area (Å²) < 4.78 is 9.53. The number of hydrogen-bond acceptors (Lipinski definition) is 4. The Bertz CT molecular complexity index is 227. The van der Waals surface area contributed by atoms with Gasteiger partial charge in [0.2, 0.25) is 0 Å². The van der Waals surface area contributed by atoms with Gasteiger partial charge in [-0.25, -0.2) is 0 Å². The van der Waals surface area contributed by atoms with Crippen molar-refractivity contribution in [1.82, 2.24) is 10.6 Å². The van der Waals surface area contributed by atoms with Crippen molar-refractivity contribution in [3.8, 4) is 0 Å². The van der Waals surface area contributed by atoms with Gasteiger partial charge in [0.25, 0.3) is 0 Å². The first-order valence-corrected chi connectivity index (χ1v) is 4.73. The van der Waals surface area contributed by atoms with Crippen molar-refractivity contribution < 1.29 is 19.1 Å². The third-order valence-corrected chi connectivity index (χ3v) is 1.45. The first-order chi connectivity index (χ1) is 7.72. The molecule has 0 aromatic rings. The third kappa shape index (κ3) is 7.43. The molecule has 0 atom stereocenters. The van der Waals surface area contributed by atoms with Gasteiger partial charge >= 0.3 is 11.8 Å². The average Bonchev–Trinajstić information content (AvgIpc) is 2.29. The van der Waals surface area contributed by atoms with Crippen LogP contribution in [-0.4, -0.2) is 38.1 Å². The van der Waals surface area contributed by atoms with Gasteiger partial charge in [-0.1, -0.05) is 13.2 Å². The Labute approximate surface area is 94.3 Å². The number of carbonyl (C=O) groups is 2. The largest absolute Gasteiger partial charge is 0.500 e. The molecule has 0 radical (unpaired) electrons. The van der Waals surface area contributed by atoms with Gasteiger partial charge in [0.1, 0.15) is 13.2 Å². The van der Waals surface area contributed by atoms with Gasteiger partial charge < -0.3 is 20.1 Å². The highest BCUT2D eigenvalue weighted by atomic mass is 16.5. The number of rotatable bonds is 8. The van der Waals surface area contributed by atoms with Crippen LogP contribution in [-0.2, 0) is 19.1 Å². The smallest absolute Gasteiger partial charge is 0.309 e. The second-order valence-corrected chi connectivity index (χ2v) is 2.59. The summed E-state index contributed by atoms with van der Waals surface area (Å²) in [5, 5.41) is 4.75. The number of carbonyl (C=O) groups excluding carboxylic acids is 2. The molecule has 0 aliphatic heterocycles. The van der Waals surface area contributed by atoms with Crippen molar-refractivity contribution in [2.24, 2.45) is 0 Å². The molecule has 16 heavy (non-hydrogen) atoms. The normalized spacial score (nSPS) is 8.75. The van der Waals surface area contributed by atoms with Crippen LogP contribution in [0.2, 0.25) is 0 Å². The van der Waals surface area contributed by atoms with E-state index in [1.165, 1.54) is 12.5 Å². The van der Waals surface area contributed by atoms with Crippen LogP contribution in [0.3, 0.4) is 0 Å². The van der Waals surface area contributed by atoms with E-state index in [0.717, 1.165) is 0 Å². The van der Waals surface area contributed by atoms with Crippen LogP contribution in [0.5, 0.6) is 0 Å². The van der Waals surface area contributed by atoms with Crippen molar-refractivity contribution in [1.29, 1.82) is 0 Å². The molecule has 0 saturated heterocycles. The lowest BCUT2D eigenvalue weighted by Gasteiger charge is -2.06. The maximum absolute atomic E-state index is 11.1. The monoisotopic (exact) mass is 228 g/mol. The van der Waals surface area contributed by atoms with Gasteiger partial charge in [0.15, 0.2) is 0 Å². The standard InChI is InChI=1S/C10H16N2O4/c1-3-15-7-5-11-9(13)10(14)12-6-8-16-4-2/h3-4H,1-2,5-8H2,(H,11,13)(H,12,14). The Morgan fingerprint density at radius 3 is 1.62 bits per heavy atom. The van der Waals surface area contributed by atoms with E-state index in [1.54, 1.807) is 0 Å². The maximum Gasteiger partial charge on any atom is 0.309 e. The van der Waals surface area contributed by atoms with E-state index in [9.17, 15) is 9.59 Å². The van der Waals surface area contributed by atoms with E-state index in [1.807, 2.05) is 0 Å². The summed E-state index contributed by atoms with van der Waals surface area (Å²) in [4.78, 5) is 22.2. The molecule has 0 aromatic heterocycles. The highest BCUT2D eigenvalue weighted by Crippen LogP contribution is 1.75. The second kappa shape index (κ2) is 9.57. The van der Waals surface area contributed by atoms with E-state index in [0.29, 0.717) is 0 Å². The second-order valence-electron chi connectivity index (χ2n) is 2.59. The summed E-state index contributed by atoms with van der Waals surface area (Å²) in [7, 11) is 0. The fourth-order valence-electron chi connectivity index (χ4n) is 0.774. The summed E-state index contributed by atoms with van der Waals surface area (Å²) in [6.45, 7) is 7.73. The lowest BCUT2D eigenvalue weighted by atomic mass is 10.5. The fourth-order valence-corrected chi connectivity index (χ4v) is 0.774. The molecule has 0 aliphatic carbocycles. The first-order valence-electron chi connectivity index (χ1n) is 4.73. The van der Waals surface area contributed by atoms with Gasteiger partial charge in [-0.05, 0) is 0 Å². The van der Waals surface area contributed by atoms with E-state index in [-0.39, 0.29) is 26.3 Å². The molecule has 0 saturated carbocycles. The van der Waals surface area contributed by atoms with Gasteiger partial charge in [-0.2, -0.15) is 0 Å². The number of nitrogens with one attached hydrogen (secondary N) is 2. The Balaban J connectivity index is 3.53. The van der Waals surface area contributed by atoms with Crippen LogP contribution in [0, 0.1) is 0 Å². The number of hydrogen-bond donors (Lipinski definition) is 2. The molecule has 0 rings (SSSR count). The van der Waals surface area contributed by atoms with Crippen molar-refractivity contribution >= 4 is 11.8 Å². The minimum atomic E-state index is -0.703. The SMILES string of the molecule is C=COCCNC(=O)C(=O)NCCOC=C. The third-order valence-electron chi connectivity index (χ3n) is 1.45. The Morgan fingerprint density at radius 2 is 1.31 bits per heavy atom. The molecule has 2 N–H and O–H groups in total. The van der Waals surface area contributed by atoms with Crippen LogP contribution in [0.4, 0.5) is 0 Å². The molecule has 0 heterocycles. The molecule has 0 fully saturated rings. The molecule has 0 bridgehead atoms. The highest BCUT2D eigenvalue weighted by molar-refractivity contribution is 6.35. The van der Waals surface area contributed by atoms with Gasteiger partial charge in [0.05, 0.1) is 25.6 Å².